The third-order valence-electron chi connectivity index (χ3n) is 3.38. The van der Waals surface area contributed by atoms with Crippen LogP contribution < -0.4 is 10.9 Å². The van der Waals surface area contributed by atoms with Gasteiger partial charge in [0.1, 0.15) is 11.9 Å². The second kappa shape index (κ2) is 5.80. The van der Waals surface area contributed by atoms with Gasteiger partial charge >= 0.3 is 0 Å². The Labute approximate surface area is 123 Å². The van der Waals surface area contributed by atoms with E-state index in [1.165, 1.54) is 0 Å². The summed E-state index contributed by atoms with van der Waals surface area (Å²) in [5.41, 5.74) is 4.54. The van der Waals surface area contributed by atoms with Gasteiger partial charge in [0, 0.05) is 23.5 Å². The van der Waals surface area contributed by atoms with Crippen molar-refractivity contribution in [2.45, 2.75) is 34.2 Å². The van der Waals surface area contributed by atoms with Crippen LogP contribution in [-0.2, 0) is 6.54 Å². The summed E-state index contributed by atoms with van der Waals surface area (Å²) in [6, 6.07) is 5.95. The fourth-order valence-corrected chi connectivity index (χ4v) is 2.38. The zero-order valence-corrected chi connectivity index (χ0v) is 12.7. The van der Waals surface area contributed by atoms with Crippen molar-refractivity contribution in [3.63, 3.8) is 0 Å². The maximum absolute atomic E-state index is 12.0. The number of hydrogen-bond donors (Lipinski definition) is 2. The van der Waals surface area contributed by atoms with Gasteiger partial charge in [-0.2, -0.15) is 5.26 Å². The second-order valence-corrected chi connectivity index (χ2v) is 5.21. The van der Waals surface area contributed by atoms with Gasteiger partial charge in [0.05, 0.1) is 5.56 Å². The molecule has 0 bridgehead atoms. The average molecular weight is 282 g/mol. The maximum atomic E-state index is 12.0. The number of anilines is 1. The SMILES string of the molecule is Cc1cc(C)c(C#N)c(NCc2c(C)cc(C)[nH]c2=O)n1. The normalized spacial score (nSPS) is 10.2. The Morgan fingerprint density at radius 1 is 1.24 bits per heavy atom. The Morgan fingerprint density at radius 2 is 1.95 bits per heavy atom. The van der Waals surface area contributed by atoms with Crippen LogP contribution in [-0.4, -0.2) is 9.97 Å². The number of nitrogens with zero attached hydrogens (tertiary/aromatic N) is 2. The van der Waals surface area contributed by atoms with Crippen molar-refractivity contribution in [1.29, 1.82) is 5.26 Å². The van der Waals surface area contributed by atoms with E-state index in [0.29, 0.717) is 23.5 Å². The molecule has 2 rings (SSSR count). The van der Waals surface area contributed by atoms with Crippen LogP contribution in [0.3, 0.4) is 0 Å². The van der Waals surface area contributed by atoms with Crippen molar-refractivity contribution in [3.8, 4) is 6.07 Å². The summed E-state index contributed by atoms with van der Waals surface area (Å²) >= 11 is 0. The molecule has 5 heteroatoms. The molecule has 0 unspecified atom stereocenters. The number of pyridine rings is 2. The Morgan fingerprint density at radius 3 is 2.57 bits per heavy atom. The molecule has 0 amide bonds. The highest BCUT2D eigenvalue weighted by Crippen LogP contribution is 2.18. The highest BCUT2D eigenvalue weighted by molar-refractivity contribution is 5.56. The number of aromatic nitrogens is 2. The topological polar surface area (TPSA) is 81.6 Å². The fourth-order valence-electron chi connectivity index (χ4n) is 2.38. The quantitative estimate of drug-likeness (QED) is 0.906. The molecule has 0 radical (unpaired) electrons. The van der Waals surface area contributed by atoms with Crippen molar-refractivity contribution in [1.82, 2.24) is 9.97 Å². The third kappa shape index (κ3) is 3.11. The van der Waals surface area contributed by atoms with Gasteiger partial charge in [-0.15, -0.1) is 0 Å². The number of hydrogen-bond acceptors (Lipinski definition) is 4. The second-order valence-electron chi connectivity index (χ2n) is 5.21. The van der Waals surface area contributed by atoms with Crippen LogP contribution in [0.25, 0.3) is 0 Å². The van der Waals surface area contributed by atoms with Gasteiger partial charge in [0.15, 0.2) is 0 Å². The monoisotopic (exact) mass is 282 g/mol. The van der Waals surface area contributed by atoms with Crippen LogP contribution in [0.1, 0.15) is 33.6 Å². The largest absolute Gasteiger partial charge is 0.365 e. The number of aromatic amines is 1. The summed E-state index contributed by atoms with van der Waals surface area (Å²) in [5, 5.41) is 12.3. The van der Waals surface area contributed by atoms with Crippen molar-refractivity contribution in [2.24, 2.45) is 0 Å². The molecule has 0 aliphatic carbocycles. The first-order chi connectivity index (χ1) is 9.92. The van der Waals surface area contributed by atoms with Crippen LogP contribution in [0.2, 0.25) is 0 Å². The molecule has 2 heterocycles. The molecule has 5 nitrogen and oxygen atoms in total. The van der Waals surface area contributed by atoms with Crippen molar-refractivity contribution >= 4 is 5.82 Å². The summed E-state index contributed by atoms with van der Waals surface area (Å²) in [7, 11) is 0. The van der Waals surface area contributed by atoms with E-state index in [-0.39, 0.29) is 5.56 Å². The van der Waals surface area contributed by atoms with E-state index in [2.05, 4.69) is 21.4 Å². The Kier molecular flexibility index (Phi) is 4.08. The predicted octanol–water partition coefficient (Wildman–Crippen LogP) is 2.49. The molecule has 2 aromatic heterocycles. The lowest BCUT2D eigenvalue weighted by molar-refractivity contribution is 0.996. The first-order valence-electron chi connectivity index (χ1n) is 6.74. The first-order valence-corrected chi connectivity index (χ1v) is 6.74. The zero-order chi connectivity index (χ0) is 15.6. The molecule has 0 aromatic carbocycles. The third-order valence-corrected chi connectivity index (χ3v) is 3.38. The molecule has 0 aliphatic rings. The van der Waals surface area contributed by atoms with Crippen molar-refractivity contribution < 1.29 is 0 Å². The minimum Gasteiger partial charge on any atom is -0.365 e. The molecule has 0 atom stereocenters. The molecule has 0 fully saturated rings. The molecule has 2 aromatic rings. The minimum absolute atomic E-state index is 0.108. The van der Waals surface area contributed by atoms with E-state index in [9.17, 15) is 10.1 Å². The van der Waals surface area contributed by atoms with E-state index < -0.39 is 0 Å². The lowest BCUT2D eigenvalue weighted by Crippen LogP contribution is -2.19. The van der Waals surface area contributed by atoms with E-state index in [1.807, 2.05) is 39.8 Å². The minimum atomic E-state index is -0.108. The molecule has 0 saturated heterocycles. The fraction of sp³-hybridized carbons (Fsp3) is 0.312. The van der Waals surface area contributed by atoms with Gasteiger partial charge in [-0.05, 0) is 51.0 Å². The van der Waals surface area contributed by atoms with Crippen LogP contribution in [0, 0.1) is 39.0 Å². The van der Waals surface area contributed by atoms with E-state index in [0.717, 1.165) is 22.5 Å². The Hall–Kier alpha value is -2.61. The number of rotatable bonds is 3. The molecule has 21 heavy (non-hydrogen) atoms. The van der Waals surface area contributed by atoms with Crippen LogP contribution in [0.5, 0.6) is 0 Å². The maximum Gasteiger partial charge on any atom is 0.253 e. The highest BCUT2D eigenvalue weighted by atomic mass is 16.1. The highest BCUT2D eigenvalue weighted by Gasteiger charge is 2.10. The van der Waals surface area contributed by atoms with Gasteiger partial charge in [0.2, 0.25) is 0 Å². The number of H-pyrrole nitrogens is 1. The average Bonchev–Trinajstić information content (AvgIpc) is 2.36. The Balaban J connectivity index is 2.34. The van der Waals surface area contributed by atoms with Crippen LogP contribution >= 0.6 is 0 Å². The zero-order valence-electron chi connectivity index (χ0n) is 12.7. The van der Waals surface area contributed by atoms with E-state index in [4.69, 9.17) is 0 Å². The lowest BCUT2D eigenvalue weighted by Gasteiger charge is -2.11. The molecular weight excluding hydrogens is 264 g/mol. The Bertz CT molecular complexity index is 784. The lowest BCUT2D eigenvalue weighted by atomic mass is 10.1. The predicted molar refractivity (Wildman–Crippen MR) is 82.3 cm³/mol. The molecule has 0 saturated carbocycles. The molecule has 0 aliphatic heterocycles. The van der Waals surface area contributed by atoms with Crippen LogP contribution in [0.15, 0.2) is 16.9 Å². The molecule has 0 spiro atoms. The van der Waals surface area contributed by atoms with Gasteiger partial charge in [-0.25, -0.2) is 4.98 Å². The molecule has 2 N–H and O–H groups in total. The molecular formula is C16H18N4O. The summed E-state index contributed by atoms with van der Waals surface area (Å²) < 4.78 is 0. The smallest absolute Gasteiger partial charge is 0.253 e. The summed E-state index contributed by atoms with van der Waals surface area (Å²) in [6.07, 6.45) is 0. The van der Waals surface area contributed by atoms with Crippen LogP contribution in [0.4, 0.5) is 5.82 Å². The number of aryl methyl sites for hydroxylation is 4. The van der Waals surface area contributed by atoms with Crippen molar-refractivity contribution in [3.05, 3.63) is 56.1 Å². The molecule has 108 valence electrons. The number of nitriles is 1. The van der Waals surface area contributed by atoms with Crippen molar-refractivity contribution in [2.75, 3.05) is 5.32 Å². The van der Waals surface area contributed by atoms with E-state index in [1.54, 1.807) is 0 Å². The van der Waals surface area contributed by atoms with E-state index >= 15 is 0 Å². The van der Waals surface area contributed by atoms with Gasteiger partial charge in [0.25, 0.3) is 5.56 Å². The van der Waals surface area contributed by atoms with Gasteiger partial charge in [-0.1, -0.05) is 0 Å². The summed E-state index contributed by atoms with van der Waals surface area (Å²) in [4.78, 5) is 19.1. The summed E-state index contributed by atoms with van der Waals surface area (Å²) in [5.74, 6) is 0.523. The first kappa shape index (κ1) is 14.8. The summed E-state index contributed by atoms with van der Waals surface area (Å²) in [6.45, 7) is 7.85. The standard InChI is InChI=1S/C16H18N4O/c1-9-5-11(3)19-15(13(9)7-17)18-8-14-10(2)6-12(4)20-16(14)21/h5-6H,8H2,1-4H3,(H,18,19)(H,20,21). The van der Waals surface area contributed by atoms with Gasteiger partial charge < -0.3 is 10.3 Å². The number of nitrogens with one attached hydrogen (secondary N) is 2. The van der Waals surface area contributed by atoms with Gasteiger partial charge in [-0.3, -0.25) is 4.79 Å².